The molecule has 12 heteroatoms. The van der Waals surface area contributed by atoms with Gasteiger partial charge in [-0.05, 0) is 85.3 Å². The SMILES string of the molecule is CCOc1cc([C@@H]2/C(=C(\O)c3ccc4c(c3)C[C@@H](C)O4)C(=O)C(=O)N2c2nnc(SCc3ccc(Cl)cc3)s2)ccc1OCCC(C)C. The molecule has 1 aromatic heterocycles. The van der Waals surface area contributed by atoms with E-state index in [2.05, 4.69) is 24.0 Å². The van der Waals surface area contributed by atoms with Crippen molar-refractivity contribution in [2.75, 3.05) is 18.1 Å². The first-order chi connectivity index (χ1) is 23.1. The van der Waals surface area contributed by atoms with Crippen LogP contribution in [-0.2, 0) is 21.8 Å². The smallest absolute Gasteiger partial charge is 0.301 e. The van der Waals surface area contributed by atoms with Gasteiger partial charge in [0.1, 0.15) is 17.6 Å². The van der Waals surface area contributed by atoms with Gasteiger partial charge >= 0.3 is 5.91 Å². The number of anilines is 1. The predicted octanol–water partition coefficient (Wildman–Crippen LogP) is 8.26. The number of nitrogens with zero attached hydrogens (tertiary/aromatic N) is 3. The van der Waals surface area contributed by atoms with Gasteiger partial charge in [0.2, 0.25) is 5.13 Å². The average Bonchev–Trinajstić information content (AvgIpc) is 3.75. The van der Waals surface area contributed by atoms with Crippen LogP contribution in [0.2, 0.25) is 5.02 Å². The lowest BCUT2D eigenvalue weighted by Gasteiger charge is -2.24. The highest BCUT2D eigenvalue weighted by Crippen LogP contribution is 2.46. The van der Waals surface area contributed by atoms with Gasteiger partial charge in [-0.3, -0.25) is 14.5 Å². The molecule has 2 atom stereocenters. The number of fused-ring (bicyclic) bond motifs is 1. The van der Waals surface area contributed by atoms with Crippen LogP contribution in [0.15, 0.2) is 70.6 Å². The summed E-state index contributed by atoms with van der Waals surface area (Å²) in [4.78, 5) is 29.0. The molecule has 9 nitrogen and oxygen atoms in total. The monoisotopic (exact) mass is 705 g/mol. The van der Waals surface area contributed by atoms with Gasteiger partial charge in [0.25, 0.3) is 5.78 Å². The molecule has 0 radical (unpaired) electrons. The third-order valence-corrected chi connectivity index (χ3v) is 10.4. The van der Waals surface area contributed by atoms with E-state index in [-0.39, 0.29) is 22.6 Å². The zero-order chi connectivity index (χ0) is 33.9. The van der Waals surface area contributed by atoms with Gasteiger partial charge in [-0.25, -0.2) is 0 Å². The third kappa shape index (κ3) is 7.18. The van der Waals surface area contributed by atoms with Crippen LogP contribution < -0.4 is 19.1 Å². The lowest BCUT2D eigenvalue weighted by Crippen LogP contribution is -2.29. The number of rotatable bonds is 12. The molecular weight excluding hydrogens is 670 g/mol. The predicted molar refractivity (Wildman–Crippen MR) is 189 cm³/mol. The Morgan fingerprint density at radius 3 is 2.62 bits per heavy atom. The Labute approximate surface area is 292 Å². The highest BCUT2D eigenvalue weighted by Gasteiger charge is 2.48. The minimum absolute atomic E-state index is 0.00500. The maximum Gasteiger partial charge on any atom is 0.301 e. The van der Waals surface area contributed by atoms with Gasteiger partial charge in [-0.1, -0.05) is 66.7 Å². The molecule has 1 fully saturated rings. The maximum atomic E-state index is 13.9. The van der Waals surface area contributed by atoms with E-state index in [9.17, 15) is 14.7 Å². The van der Waals surface area contributed by atoms with Crippen LogP contribution in [0.25, 0.3) is 5.76 Å². The van der Waals surface area contributed by atoms with E-state index < -0.39 is 17.7 Å². The third-order valence-electron chi connectivity index (χ3n) is 8.03. The summed E-state index contributed by atoms with van der Waals surface area (Å²) < 4.78 is 18.5. The number of carbonyl (C=O) groups excluding carboxylic acids is 2. The highest BCUT2D eigenvalue weighted by molar-refractivity contribution is 8.00. The molecule has 2 aliphatic rings. The van der Waals surface area contributed by atoms with E-state index in [1.165, 1.54) is 28.0 Å². The number of aliphatic hydroxyl groups is 1. The number of aliphatic hydroxyl groups excluding tert-OH is 1. The second kappa shape index (κ2) is 14.6. The molecule has 1 saturated heterocycles. The number of halogens is 1. The summed E-state index contributed by atoms with van der Waals surface area (Å²) in [6.07, 6.45) is 1.55. The van der Waals surface area contributed by atoms with Crippen LogP contribution in [-0.4, -0.2) is 46.3 Å². The second-order valence-electron chi connectivity index (χ2n) is 12.1. The van der Waals surface area contributed by atoms with Crippen LogP contribution in [0.1, 0.15) is 62.4 Å². The Hall–Kier alpha value is -4.06. The molecule has 6 rings (SSSR count). The first kappa shape index (κ1) is 33.8. The number of carbonyl (C=O) groups is 2. The van der Waals surface area contributed by atoms with Crippen LogP contribution >= 0.6 is 34.7 Å². The van der Waals surface area contributed by atoms with Crippen molar-refractivity contribution in [1.82, 2.24) is 10.2 Å². The first-order valence-electron chi connectivity index (χ1n) is 15.8. The van der Waals surface area contributed by atoms with Crippen molar-refractivity contribution in [3.8, 4) is 17.2 Å². The maximum absolute atomic E-state index is 13.9. The average molecular weight is 706 g/mol. The van der Waals surface area contributed by atoms with Crippen molar-refractivity contribution < 1.29 is 28.9 Å². The summed E-state index contributed by atoms with van der Waals surface area (Å²) in [6, 6.07) is 17.2. The largest absolute Gasteiger partial charge is 0.507 e. The van der Waals surface area contributed by atoms with Crippen LogP contribution in [0.5, 0.6) is 17.2 Å². The van der Waals surface area contributed by atoms with Gasteiger partial charge in [-0.15, -0.1) is 10.2 Å². The minimum atomic E-state index is -1.00. The molecule has 0 saturated carbocycles. The van der Waals surface area contributed by atoms with Gasteiger partial charge < -0.3 is 19.3 Å². The molecule has 0 unspecified atom stereocenters. The normalized spacial score (nSPS) is 18.3. The molecule has 250 valence electrons. The molecule has 2 aliphatic heterocycles. The highest BCUT2D eigenvalue weighted by atomic mass is 35.5. The number of hydrogen-bond acceptors (Lipinski definition) is 10. The summed E-state index contributed by atoms with van der Waals surface area (Å²) in [5, 5.41) is 21.3. The molecular formula is C36H36ClN3O6S2. The summed E-state index contributed by atoms with van der Waals surface area (Å²) >= 11 is 8.70. The number of Topliss-reactive ketones (excluding diaryl/α,β-unsaturated/α-hetero) is 1. The Morgan fingerprint density at radius 1 is 1.08 bits per heavy atom. The van der Waals surface area contributed by atoms with Gasteiger partial charge in [0.15, 0.2) is 15.8 Å². The van der Waals surface area contributed by atoms with E-state index in [1.807, 2.05) is 44.2 Å². The topological polar surface area (TPSA) is 111 Å². The second-order valence-corrected chi connectivity index (χ2v) is 14.7. The number of ketones is 1. The number of amides is 1. The van der Waals surface area contributed by atoms with Crippen molar-refractivity contribution in [3.05, 3.63) is 93.5 Å². The van der Waals surface area contributed by atoms with E-state index in [0.717, 1.165) is 23.3 Å². The van der Waals surface area contributed by atoms with E-state index in [4.69, 9.17) is 25.8 Å². The Balaban J connectivity index is 1.40. The van der Waals surface area contributed by atoms with E-state index >= 15 is 0 Å². The van der Waals surface area contributed by atoms with Gasteiger partial charge in [0.05, 0.1) is 24.8 Å². The molecule has 1 amide bonds. The quantitative estimate of drug-likeness (QED) is 0.0512. The number of benzene rings is 3. The van der Waals surface area contributed by atoms with E-state index in [1.54, 1.807) is 30.3 Å². The molecule has 1 N–H and O–H groups in total. The lowest BCUT2D eigenvalue weighted by molar-refractivity contribution is -0.132. The van der Waals surface area contributed by atoms with Gasteiger partial charge in [-0.2, -0.15) is 0 Å². The molecule has 0 spiro atoms. The molecule has 3 aromatic carbocycles. The van der Waals surface area contributed by atoms with Crippen molar-refractivity contribution >= 4 is 57.3 Å². The summed E-state index contributed by atoms with van der Waals surface area (Å²) in [5.41, 5.74) is 2.90. The fourth-order valence-electron chi connectivity index (χ4n) is 5.64. The molecule has 0 aliphatic carbocycles. The number of hydrogen-bond donors (Lipinski definition) is 1. The number of thioether (sulfide) groups is 1. The van der Waals surface area contributed by atoms with Crippen LogP contribution in [0.4, 0.5) is 5.13 Å². The fraction of sp³-hybridized carbons (Fsp3) is 0.333. The van der Waals surface area contributed by atoms with Crippen molar-refractivity contribution in [2.45, 2.75) is 62.8 Å². The van der Waals surface area contributed by atoms with Crippen molar-refractivity contribution in [2.24, 2.45) is 5.92 Å². The zero-order valence-electron chi connectivity index (χ0n) is 27.1. The van der Waals surface area contributed by atoms with Crippen molar-refractivity contribution in [1.29, 1.82) is 0 Å². The summed E-state index contributed by atoms with van der Waals surface area (Å²) in [7, 11) is 0. The fourth-order valence-corrected chi connectivity index (χ4v) is 7.59. The summed E-state index contributed by atoms with van der Waals surface area (Å²) in [6.45, 7) is 8.99. The first-order valence-corrected chi connectivity index (χ1v) is 18.0. The molecule has 48 heavy (non-hydrogen) atoms. The molecule has 3 heterocycles. The Bertz CT molecular complexity index is 1860. The van der Waals surface area contributed by atoms with Gasteiger partial charge in [0, 0.05) is 22.8 Å². The van der Waals surface area contributed by atoms with E-state index in [0.29, 0.717) is 63.3 Å². The number of aromatic nitrogens is 2. The minimum Gasteiger partial charge on any atom is -0.507 e. The standard InChI is InChI=1S/C36H36ClN3O6S2/c1-5-44-29-18-23(8-13-28(29)45-15-14-20(2)3)31-30(32(41)24-9-12-27-25(17-24)16-21(4)46-27)33(42)34(43)40(31)35-38-39-36(48-35)47-19-22-6-10-26(37)11-7-22/h6-13,17-18,20-21,31,41H,5,14-16,19H2,1-4H3/b32-30+/t21-,31-/m1/s1. The Kier molecular flexibility index (Phi) is 10.3. The number of ether oxygens (including phenoxy) is 3. The molecule has 4 aromatic rings. The molecule has 0 bridgehead atoms. The Morgan fingerprint density at radius 2 is 1.88 bits per heavy atom. The zero-order valence-corrected chi connectivity index (χ0v) is 29.5. The lowest BCUT2D eigenvalue weighted by atomic mass is 9.94. The van der Waals surface area contributed by atoms with Crippen LogP contribution in [0, 0.1) is 5.92 Å². The van der Waals surface area contributed by atoms with Crippen LogP contribution in [0.3, 0.4) is 0 Å². The summed E-state index contributed by atoms with van der Waals surface area (Å²) in [5.74, 6) is 0.957. The van der Waals surface area contributed by atoms with Crippen molar-refractivity contribution in [3.63, 3.8) is 0 Å².